The van der Waals surface area contributed by atoms with E-state index in [1.807, 2.05) is 0 Å². The molecule has 0 saturated heterocycles. The number of carbonyl (C=O) groups is 3. The fraction of sp³-hybridized carbons (Fsp3) is 0.682. The quantitative estimate of drug-likeness (QED) is 0.337. The molecule has 1 aliphatic carbocycles. The first-order valence-electron chi connectivity index (χ1n) is 9.08. The van der Waals surface area contributed by atoms with E-state index in [1.54, 1.807) is 62.3 Å². The molecule has 0 atom stereocenters. The molecule has 29 heavy (non-hydrogen) atoms. The summed E-state index contributed by atoms with van der Waals surface area (Å²) in [7, 11) is 0. The van der Waals surface area contributed by atoms with Gasteiger partial charge < -0.3 is 15.3 Å². The predicted molar refractivity (Wildman–Crippen MR) is 112 cm³/mol. The van der Waals surface area contributed by atoms with Gasteiger partial charge in [-0.2, -0.15) is 6.08 Å². The van der Waals surface area contributed by atoms with Crippen molar-refractivity contribution in [3.05, 3.63) is 23.3 Å². The van der Waals surface area contributed by atoms with Gasteiger partial charge in [0.15, 0.2) is 0 Å². The Morgan fingerprint density at radius 2 is 0.931 bits per heavy atom. The van der Waals surface area contributed by atoms with Crippen molar-refractivity contribution in [2.24, 2.45) is 16.2 Å². The van der Waals surface area contributed by atoms with Crippen LogP contribution in [-0.4, -0.2) is 33.2 Å². The number of hydrogen-bond donors (Lipinski definition) is 3. The SMILES string of the molecule is CC(C)(C)C(=O)O.CC(C)(C)C(=O)O.CC(C)(C)C(=O)O.CC1=[C-]CC=C1C.[Ti]. The van der Waals surface area contributed by atoms with Gasteiger partial charge in [-0.1, -0.05) is 6.92 Å². The van der Waals surface area contributed by atoms with Gasteiger partial charge in [0.1, 0.15) is 0 Å². The van der Waals surface area contributed by atoms with Gasteiger partial charge in [-0.25, -0.2) is 11.1 Å². The van der Waals surface area contributed by atoms with Gasteiger partial charge in [-0.05, 0) is 62.3 Å². The van der Waals surface area contributed by atoms with Crippen LogP contribution in [0.4, 0.5) is 0 Å². The molecule has 3 N–H and O–H groups in total. The second-order valence-electron chi connectivity index (χ2n) is 9.56. The fourth-order valence-electron chi connectivity index (χ4n) is 0.650. The van der Waals surface area contributed by atoms with Crippen molar-refractivity contribution in [1.29, 1.82) is 0 Å². The second-order valence-corrected chi connectivity index (χ2v) is 9.56. The van der Waals surface area contributed by atoms with E-state index < -0.39 is 34.2 Å². The minimum absolute atomic E-state index is 0. The Morgan fingerprint density at radius 3 is 0.966 bits per heavy atom. The minimum atomic E-state index is -0.757. The summed E-state index contributed by atoms with van der Waals surface area (Å²) in [6.45, 7) is 19.2. The molecule has 0 saturated carbocycles. The van der Waals surface area contributed by atoms with Gasteiger partial charge in [0.05, 0.1) is 16.2 Å². The molecule has 0 aliphatic heterocycles. The summed E-state index contributed by atoms with van der Waals surface area (Å²) in [4.78, 5) is 30.1. The molecule has 0 radical (unpaired) electrons. The predicted octanol–water partition coefficient (Wildman–Crippen LogP) is 5.43. The Hall–Kier alpha value is -1.40. The van der Waals surface area contributed by atoms with Gasteiger partial charge in [-0.15, -0.1) is 13.3 Å². The maximum Gasteiger partial charge on any atom is 0.308 e. The third-order valence-electron chi connectivity index (χ3n) is 3.29. The van der Waals surface area contributed by atoms with Gasteiger partial charge in [0, 0.05) is 21.7 Å². The molecule has 0 spiro atoms. The standard InChI is InChI=1S/C7H9.3C5H10O2.Ti/c1-6-4-3-5-7(6)2;3*1-5(2,3)4(6)7;/h4H,3H2,1-2H3;3*1-3H3,(H,6,7);/q-1;;;;. The molecule has 1 rings (SSSR count). The normalized spacial score (nSPS) is 12.8. The van der Waals surface area contributed by atoms with Gasteiger partial charge >= 0.3 is 17.9 Å². The number of allylic oxidation sites excluding steroid dienone is 4. The third-order valence-corrected chi connectivity index (χ3v) is 3.29. The molecule has 7 heteroatoms. The van der Waals surface area contributed by atoms with Crippen molar-refractivity contribution >= 4 is 17.9 Å². The fourth-order valence-corrected chi connectivity index (χ4v) is 0.650. The van der Waals surface area contributed by atoms with Gasteiger partial charge in [-0.3, -0.25) is 20.5 Å². The molecule has 0 unspecified atom stereocenters. The van der Waals surface area contributed by atoms with Crippen molar-refractivity contribution in [3.63, 3.8) is 0 Å². The first-order valence-corrected chi connectivity index (χ1v) is 9.08. The summed E-state index contributed by atoms with van der Waals surface area (Å²) in [5.41, 5.74) is 0.958. The first-order chi connectivity index (χ1) is 12.1. The number of aliphatic carboxylic acids is 3. The summed E-state index contributed by atoms with van der Waals surface area (Å²) in [6, 6.07) is 0. The summed E-state index contributed by atoms with van der Waals surface area (Å²) in [5, 5.41) is 24.8. The van der Waals surface area contributed by atoms with Crippen molar-refractivity contribution in [1.82, 2.24) is 0 Å². The summed E-state index contributed by atoms with van der Waals surface area (Å²) < 4.78 is 0. The Kier molecular flexibility index (Phi) is 17.6. The Bertz CT molecular complexity index is 509. The van der Waals surface area contributed by atoms with E-state index in [4.69, 9.17) is 15.3 Å². The van der Waals surface area contributed by atoms with Crippen molar-refractivity contribution in [2.45, 2.75) is 82.6 Å². The van der Waals surface area contributed by atoms with Crippen LogP contribution in [0.5, 0.6) is 0 Å². The molecule has 168 valence electrons. The third kappa shape index (κ3) is 22.8. The molecule has 1 aliphatic rings. The molecule has 0 amide bonds. The minimum Gasteiger partial charge on any atom is -0.481 e. The molecule has 0 aromatic rings. The zero-order chi connectivity index (χ0) is 23.5. The van der Waals surface area contributed by atoms with Crippen LogP contribution >= 0.6 is 0 Å². The van der Waals surface area contributed by atoms with E-state index in [0.717, 1.165) is 6.42 Å². The maximum absolute atomic E-state index is 10.0. The van der Waals surface area contributed by atoms with Crippen LogP contribution in [-0.2, 0) is 36.1 Å². The van der Waals surface area contributed by atoms with E-state index in [0.29, 0.717) is 0 Å². The zero-order valence-corrected chi connectivity index (χ0v) is 21.4. The molecule has 6 nitrogen and oxygen atoms in total. The second kappa shape index (κ2) is 14.6. The topological polar surface area (TPSA) is 112 Å². The van der Waals surface area contributed by atoms with Crippen molar-refractivity contribution < 1.29 is 51.4 Å². The number of carboxylic acids is 3. The van der Waals surface area contributed by atoms with Crippen LogP contribution in [0.2, 0.25) is 0 Å². The Balaban J connectivity index is -0.000000142. The van der Waals surface area contributed by atoms with Gasteiger partial charge in [0.2, 0.25) is 0 Å². The molecule has 0 fully saturated rings. The Morgan fingerprint density at radius 1 is 0.724 bits per heavy atom. The van der Waals surface area contributed by atoms with Crippen LogP contribution in [0.25, 0.3) is 0 Å². The number of carboxylic acid groups (broad SMARTS) is 3. The van der Waals surface area contributed by atoms with Crippen molar-refractivity contribution in [3.8, 4) is 0 Å². The molecule has 0 heterocycles. The van der Waals surface area contributed by atoms with E-state index in [2.05, 4.69) is 26.0 Å². The molecule has 0 aromatic heterocycles. The average molecular weight is 447 g/mol. The van der Waals surface area contributed by atoms with Gasteiger partial charge in [0.25, 0.3) is 0 Å². The smallest absolute Gasteiger partial charge is 0.308 e. The van der Waals surface area contributed by atoms with E-state index in [-0.39, 0.29) is 21.7 Å². The summed E-state index contributed by atoms with van der Waals surface area (Å²) in [5.74, 6) is -2.27. The monoisotopic (exact) mass is 447 g/mol. The zero-order valence-electron chi connectivity index (χ0n) is 19.9. The van der Waals surface area contributed by atoms with Crippen LogP contribution in [0.3, 0.4) is 0 Å². The van der Waals surface area contributed by atoms with E-state index in [9.17, 15) is 14.4 Å². The van der Waals surface area contributed by atoms with Crippen LogP contribution < -0.4 is 0 Å². The first kappa shape index (κ1) is 35.1. The molecular formula is C22H39O6Ti-. The molecule has 0 bridgehead atoms. The van der Waals surface area contributed by atoms with E-state index >= 15 is 0 Å². The van der Waals surface area contributed by atoms with Crippen LogP contribution in [0.15, 0.2) is 17.2 Å². The van der Waals surface area contributed by atoms with Crippen LogP contribution in [0, 0.1) is 22.3 Å². The maximum atomic E-state index is 10.0. The number of hydrogen-bond acceptors (Lipinski definition) is 3. The van der Waals surface area contributed by atoms with Crippen LogP contribution in [0.1, 0.15) is 82.6 Å². The Labute approximate surface area is 191 Å². The average Bonchev–Trinajstić information content (AvgIpc) is 2.81. The summed E-state index contributed by atoms with van der Waals surface area (Å²) >= 11 is 0. The van der Waals surface area contributed by atoms with Crippen molar-refractivity contribution in [2.75, 3.05) is 0 Å². The molecular weight excluding hydrogens is 408 g/mol. The van der Waals surface area contributed by atoms with E-state index in [1.165, 1.54) is 11.1 Å². The molecule has 0 aromatic carbocycles. The number of rotatable bonds is 0. The largest absolute Gasteiger partial charge is 0.481 e. The summed E-state index contributed by atoms with van der Waals surface area (Å²) in [6.07, 6.45) is 6.41.